The molecular formula is C23H27N5OS. The van der Waals surface area contributed by atoms with Gasteiger partial charge in [-0.05, 0) is 28.0 Å². The monoisotopic (exact) mass is 421 g/mol. The van der Waals surface area contributed by atoms with Crippen LogP contribution in [0.15, 0.2) is 48.0 Å². The quantitative estimate of drug-likeness (QED) is 0.610. The first kappa shape index (κ1) is 20.3. The summed E-state index contributed by atoms with van der Waals surface area (Å²) >= 11 is 1.67. The van der Waals surface area contributed by atoms with Gasteiger partial charge in [0.05, 0.1) is 10.6 Å². The van der Waals surface area contributed by atoms with Crippen molar-refractivity contribution in [2.45, 2.75) is 26.2 Å². The average molecular weight is 422 g/mol. The van der Waals surface area contributed by atoms with Gasteiger partial charge in [-0.25, -0.2) is 14.8 Å². The van der Waals surface area contributed by atoms with E-state index in [1.54, 1.807) is 16.2 Å². The normalized spacial score (nSPS) is 14.1. The first-order valence-electron chi connectivity index (χ1n) is 10.2. The van der Waals surface area contributed by atoms with Crippen LogP contribution in [0.1, 0.15) is 26.3 Å². The number of aromatic nitrogens is 2. The second-order valence-electron chi connectivity index (χ2n) is 8.41. The molecule has 1 aliphatic rings. The highest BCUT2D eigenvalue weighted by atomic mass is 32.1. The third-order valence-corrected chi connectivity index (χ3v) is 6.09. The Hall–Kier alpha value is -2.93. The molecular weight excluding hydrogens is 394 g/mol. The molecule has 0 radical (unpaired) electrons. The van der Waals surface area contributed by atoms with Crippen LogP contribution in [0.5, 0.6) is 0 Å². The summed E-state index contributed by atoms with van der Waals surface area (Å²) in [6.45, 7) is 9.33. The molecule has 0 atom stereocenters. The summed E-state index contributed by atoms with van der Waals surface area (Å²) in [5.41, 5.74) is 4.46. The molecule has 0 unspecified atom stereocenters. The zero-order valence-corrected chi connectivity index (χ0v) is 18.4. The van der Waals surface area contributed by atoms with Crippen LogP contribution >= 0.6 is 11.3 Å². The van der Waals surface area contributed by atoms with Crippen molar-refractivity contribution in [3.05, 3.63) is 53.5 Å². The van der Waals surface area contributed by atoms with Crippen molar-refractivity contribution in [3.8, 4) is 21.7 Å². The Morgan fingerprint density at radius 1 is 1.20 bits per heavy atom. The predicted molar refractivity (Wildman–Crippen MR) is 123 cm³/mol. The van der Waals surface area contributed by atoms with Crippen LogP contribution < -0.4 is 10.6 Å². The minimum Gasteiger partial charge on any atom is -0.352 e. The second-order valence-corrected chi connectivity index (χ2v) is 9.35. The van der Waals surface area contributed by atoms with Crippen LogP contribution in [-0.4, -0.2) is 47.1 Å². The van der Waals surface area contributed by atoms with Gasteiger partial charge in [-0.1, -0.05) is 51.1 Å². The van der Waals surface area contributed by atoms with Gasteiger partial charge in [0.25, 0.3) is 0 Å². The molecule has 6 nitrogen and oxygen atoms in total. The fourth-order valence-electron chi connectivity index (χ4n) is 3.46. The Bertz CT molecular complexity index is 1010. The molecule has 1 saturated heterocycles. The molecule has 3 aromatic rings. The van der Waals surface area contributed by atoms with Crippen molar-refractivity contribution in [3.63, 3.8) is 0 Å². The Balaban J connectivity index is 1.57. The van der Waals surface area contributed by atoms with Gasteiger partial charge < -0.3 is 15.5 Å². The van der Waals surface area contributed by atoms with Gasteiger partial charge in [-0.2, -0.15) is 0 Å². The smallest absolute Gasteiger partial charge is 0.317 e. The maximum absolute atomic E-state index is 11.7. The molecule has 30 heavy (non-hydrogen) atoms. The number of amides is 2. The SMILES string of the molecule is CC(C)(C)c1ccc(-c2cnc(NCCN3CCNC3=O)nc2-c2cccs2)cc1. The van der Waals surface area contributed by atoms with E-state index in [1.807, 2.05) is 12.3 Å². The fraction of sp³-hybridized carbons (Fsp3) is 0.348. The second kappa shape index (κ2) is 8.44. The maximum atomic E-state index is 11.7. The molecule has 0 saturated carbocycles. The molecule has 4 rings (SSSR count). The molecule has 156 valence electrons. The number of carbonyl (C=O) groups is 1. The summed E-state index contributed by atoms with van der Waals surface area (Å²) in [7, 11) is 0. The number of rotatable bonds is 6. The number of hydrogen-bond donors (Lipinski definition) is 2. The third-order valence-electron chi connectivity index (χ3n) is 5.22. The van der Waals surface area contributed by atoms with Crippen molar-refractivity contribution in [1.29, 1.82) is 0 Å². The van der Waals surface area contributed by atoms with E-state index < -0.39 is 0 Å². The number of nitrogens with one attached hydrogen (secondary N) is 2. The molecule has 2 N–H and O–H groups in total. The molecule has 2 aromatic heterocycles. The molecule has 3 heterocycles. The number of benzene rings is 1. The Kier molecular flexibility index (Phi) is 5.72. The number of hydrogen-bond acceptors (Lipinski definition) is 5. The number of thiophene rings is 1. The lowest BCUT2D eigenvalue weighted by Crippen LogP contribution is -2.32. The number of urea groups is 1. The van der Waals surface area contributed by atoms with Gasteiger partial charge in [-0.15, -0.1) is 11.3 Å². The van der Waals surface area contributed by atoms with E-state index >= 15 is 0 Å². The van der Waals surface area contributed by atoms with Gasteiger partial charge >= 0.3 is 6.03 Å². The van der Waals surface area contributed by atoms with E-state index in [1.165, 1.54) is 5.56 Å². The Labute approximate surface area is 181 Å². The minimum atomic E-state index is -0.00829. The molecule has 0 aliphatic carbocycles. The summed E-state index contributed by atoms with van der Waals surface area (Å²) < 4.78 is 0. The number of carbonyl (C=O) groups excluding carboxylic acids is 1. The number of anilines is 1. The first-order chi connectivity index (χ1) is 14.4. The van der Waals surface area contributed by atoms with Crippen LogP contribution in [0.25, 0.3) is 21.7 Å². The highest BCUT2D eigenvalue weighted by Crippen LogP contribution is 2.34. The van der Waals surface area contributed by atoms with Gasteiger partial charge in [0.15, 0.2) is 0 Å². The molecule has 0 spiro atoms. The van der Waals surface area contributed by atoms with E-state index in [4.69, 9.17) is 4.98 Å². The topological polar surface area (TPSA) is 70.2 Å². The largest absolute Gasteiger partial charge is 0.352 e. The van der Waals surface area contributed by atoms with Gasteiger partial charge in [0.1, 0.15) is 0 Å². The van der Waals surface area contributed by atoms with Gasteiger partial charge in [-0.3, -0.25) is 0 Å². The fourth-order valence-corrected chi connectivity index (χ4v) is 4.18. The van der Waals surface area contributed by atoms with Gasteiger partial charge in [0, 0.05) is 37.9 Å². The Morgan fingerprint density at radius 2 is 2.00 bits per heavy atom. The summed E-state index contributed by atoms with van der Waals surface area (Å²) in [5.74, 6) is 0.577. The number of nitrogens with zero attached hydrogens (tertiary/aromatic N) is 3. The zero-order valence-electron chi connectivity index (χ0n) is 17.6. The first-order valence-corrected chi connectivity index (χ1v) is 11.1. The van der Waals surface area contributed by atoms with Crippen LogP contribution in [0, 0.1) is 0 Å². The van der Waals surface area contributed by atoms with Crippen LogP contribution in [0.3, 0.4) is 0 Å². The third kappa shape index (κ3) is 4.46. The van der Waals surface area contributed by atoms with Crippen molar-refractivity contribution in [1.82, 2.24) is 20.2 Å². The Morgan fingerprint density at radius 3 is 2.63 bits per heavy atom. The summed E-state index contributed by atoms with van der Waals surface area (Å²) in [5, 5.41) is 8.14. The van der Waals surface area contributed by atoms with E-state index in [0.29, 0.717) is 25.6 Å². The lowest BCUT2D eigenvalue weighted by atomic mass is 9.86. The lowest BCUT2D eigenvalue weighted by Gasteiger charge is -2.19. The molecule has 1 fully saturated rings. The minimum absolute atomic E-state index is 0.00829. The van der Waals surface area contributed by atoms with Crippen molar-refractivity contribution in [2.75, 3.05) is 31.5 Å². The van der Waals surface area contributed by atoms with Crippen LogP contribution in [0.4, 0.5) is 10.7 Å². The van der Waals surface area contributed by atoms with E-state index in [2.05, 4.69) is 72.1 Å². The highest BCUT2D eigenvalue weighted by molar-refractivity contribution is 7.13. The van der Waals surface area contributed by atoms with E-state index in [-0.39, 0.29) is 11.4 Å². The molecule has 1 aromatic carbocycles. The summed E-state index contributed by atoms with van der Waals surface area (Å²) in [6.07, 6.45) is 1.89. The van der Waals surface area contributed by atoms with Crippen molar-refractivity contribution < 1.29 is 4.79 Å². The molecule has 2 amide bonds. The molecule has 7 heteroatoms. The zero-order chi connectivity index (χ0) is 21.1. The van der Waals surface area contributed by atoms with Crippen LogP contribution in [0.2, 0.25) is 0 Å². The molecule has 0 bridgehead atoms. The van der Waals surface area contributed by atoms with E-state index in [0.717, 1.165) is 28.2 Å². The average Bonchev–Trinajstić information content (AvgIpc) is 3.40. The van der Waals surface area contributed by atoms with Crippen molar-refractivity contribution >= 4 is 23.3 Å². The standard InChI is InChI=1S/C23H27N5OS/c1-23(2,3)17-8-6-16(7-9-17)18-15-26-21(27-20(18)19-5-4-14-30-19)24-10-12-28-13-11-25-22(28)29/h4-9,14-15H,10-13H2,1-3H3,(H,25,29)(H,24,26,27). The van der Waals surface area contributed by atoms with Crippen molar-refractivity contribution in [2.24, 2.45) is 0 Å². The lowest BCUT2D eigenvalue weighted by molar-refractivity contribution is 0.219. The summed E-state index contributed by atoms with van der Waals surface area (Å²) in [6, 6.07) is 12.8. The van der Waals surface area contributed by atoms with Crippen LogP contribution in [-0.2, 0) is 5.41 Å². The maximum Gasteiger partial charge on any atom is 0.317 e. The molecule has 1 aliphatic heterocycles. The van der Waals surface area contributed by atoms with E-state index in [9.17, 15) is 4.79 Å². The summed E-state index contributed by atoms with van der Waals surface area (Å²) in [4.78, 5) is 23.9. The van der Waals surface area contributed by atoms with Gasteiger partial charge in [0.2, 0.25) is 5.95 Å². The predicted octanol–water partition coefficient (Wildman–Crippen LogP) is 4.61. The highest BCUT2D eigenvalue weighted by Gasteiger charge is 2.19.